The Labute approximate surface area is 201 Å². The quantitative estimate of drug-likeness (QED) is 0.592. The number of amides is 2. The van der Waals surface area contributed by atoms with E-state index in [4.69, 9.17) is 0 Å². The van der Waals surface area contributed by atoms with Crippen molar-refractivity contribution in [2.24, 2.45) is 5.92 Å². The average molecular weight is 451 g/mol. The van der Waals surface area contributed by atoms with Gasteiger partial charge in [-0.15, -0.1) is 0 Å². The molecule has 2 amide bonds. The number of nitrogens with zero attached hydrogens (tertiary/aromatic N) is 1. The number of carbonyl (C=O) groups is 2. The second-order valence-electron chi connectivity index (χ2n) is 9.91. The van der Waals surface area contributed by atoms with E-state index in [1.165, 1.54) is 24.0 Å². The Morgan fingerprint density at radius 2 is 1.62 bits per heavy atom. The van der Waals surface area contributed by atoms with Gasteiger partial charge in [0.05, 0.1) is 12.0 Å². The second kappa shape index (κ2) is 8.75. The summed E-state index contributed by atoms with van der Waals surface area (Å²) in [5.74, 6) is 0.617. The minimum Gasteiger partial charge on any atom is -0.355 e. The van der Waals surface area contributed by atoms with Crippen molar-refractivity contribution >= 4 is 11.8 Å². The van der Waals surface area contributed by atoms with Crippen molar-refractivity contribution in [3.63, 3.8) is 0 Å². The van der Waals surface area contributed by atoms with Gasteiger partial charge in [0.1, 0.15) is 0 Å². The van der Waals surface area contributed by atoms with E-state index in [0.717, 1.165) is 24.0 Å². The molecular weight excluding hydrogens is 420 g/mol. The highest BCUT2D eigenvalue weighted by Crippen LogP contribution is 2.46. The van der Waals surface area contributed by atoms with E-state index >= 15 is 0 Å². The van der Waals surface area contributed by atoms with E-state index in [9.17, 15) is 9.59 Å². The normalized spacial score (nSPS) is 25.3. The molecule has 3 aromatic rings. The number of carbonyl (C=O) groups excluding carboxylic acids is 2. The van der Waals surface area contributed by atoms with Gasteiger partial charge in [-0.3, -0.25) is 9.59 Å². The largest absolute Gasteiger partial charge is 0.355 e. The predicted octanol–water partition coefficient (Wildman–Crippen LogP) is 5.22. The third kappa shape index (κ3) is 3.53. The van der Waals surface area contributed by atoms with Gasteiger partial charge in [-0.1, -0.05) is 79.2 Å². The van der Waals surface area contributed by atoms with Crippen LogP contribution >= 0.6 is 0 Å². The summed E-state index contributed by atoms with van der Waals surface area (Å²) in [5, 5.41) is 3.34. The van der Waals surface area contributed by atoms with Crippen LogP contribution in [0.5, 0.6) is 0 Å². The van der Waals surface area contributed by atoms with E-state index in [2.05, 4.69) is 47.8 Å². The Balaban J connectivity index is 1.31. The molecule has 0 spiro atoms. The first kappa shape index (κ1) is 21.2. The van der Waals surface area contributed by atoms with Gasteiger partial charge in [-0.25, -0.2) is 0 Å². The molecule has 34 heavy (non-hydrogen) atoms. The molecule has 0 saturated heterocycles. The van der Waals surface area contributed by atoms with Gasteiger partial charge in [0.15, 0.2) is 0 Å². The molecule has 0 aromatic heterocycles. The summed E-state index contributed by atoms with van der Waals surface area (Å²) in [6.45, 7) is 1.33. The molecule has 6 rings (SSSR count). The van der Waals surface area contributed by atoms with Crippen molar-refractivity contribution in [1.29, 1.82) is 0 Å². The van der Waals surface area contributed by atoms with Crippen LogP contribution in [0.4, 0.5) is 0 Å². The first-order valence-corrected chi connectivity index (χ1v) is 12.5. The van der Waals surface area contributed by atoms with E-state index in [1.807, 2.05) is 41.3 Å². The van der Waals surface area contributed by atoms with Crippen LogP contribution < -0.4 is 5.32 Å². The summed E-state index contributed by atoms with van der Waals surface area (Å²) >= 11 is 0. The molecule has 3 aromatic carbocycles. The first-order chi connectivity index (χ1) is 16.7. The molecule has 3 aliphatic rings. The second-order valence-corrected chi connectivity index (χ2v) is 9.91. The lowest BCUT2D eigenvalue weighted by Crippen LogP contribution is -2.50. The fourth-order valence-corrected chi connectivity index (χ4v) is 6.52. The number of hydrogen-bond donors (Lipinski definition) is 1. The molecule has 1 saturated carbocycles. The molecule has 2 heterocycles. The lowest BCUT2D eigenvalue weighted by atomic mass is 9.75. The zero-order valence-electron chi connectivity index (χ0n) is 19.3. The number of fused-ring (bicyclic) bond motifs is 4. The van der Waals surface area contributed by atoms with Crippen LogP contribution in [0.2, 0.25) is 0 Å². The fourth-order valence-electron chi connectivity index (χ4n) is 6.52. The van der Waals surface area contributed by atoms with E-state index in [-0.39, 0.29) is 17.9 Å². The third-order valence-electron chi connectivity index (χ3n) is 8.14. The third-order valence-corrected chi connectivity index (χ3v) is 8.14. The molecular formula is C30H30N2O2. The van der Waals surface area contributed by atoms with Crippen LogP contribution in [0.1, 0.15) is 69.8 Å². The zero-order valence-corrected chi connectivity index (χ0v) is 19.3. The van der Waals surface area contributed by atoms with Crippen molar-refractivity contribution in [3.8, 4) is 0 Å². The maximum Gasteiger partial charge on any atom is 0.254 e. The van der Waals surface area contributed by atoms with E-state index < -0.39 is 5.92 Å². The minimum absolute atomic E-state index is 0.0327. The molecule has 4 nitrogen and oxygen atoms in total. The Morgan fingerprint density at radius 1 is 0.882 bits per heavy atom. The van der Waals surface area contributed by atoms with Gasteiger partial charge in [0.25, 0.3) is 5.91 Å². The predicted molar refractivity (Wildman–Crippen MR) is 133 cm³/mol. The molecule has 0 radical (unpaired) electrons. The van der Waals surface area contributed by atoms with E-state index in [0.29, 0.717) is 30.5 Å². The van der Waals surface area contributed by atoms with Gasteiger partial charge in [-0.2, -0.15) is 0 Å². The molecule has 4 heteroatoms. The van der Waals surface area contributed by atoms with Gasteiger partial charge in [0, 0.05) is 18.7 Å². The van der Waals surface area contributed by atoms with Gasteiger partial charge in [0.2, 0.25) is 5.91 Å². The summed E-state index contributed by atoms with van der Waals surface area (Å²) in [7, 11) is 0. The fraction of sp³-hybridized carbons (Fsp3) is 0.333. The van der Waals surface area contributed by atoms with Crippen molar-refractivity contribution in [2.45, 2.75) is 43.6 Å². The lowest BCUT2D eigenvalue weighted by Gasteiger charge is -2.45. The zero-order chi connectivity index (χ0) is 23.1. The highest BCUT2D eigenvalue weighted by atomic mass is 16.2. The Morgan fingerprint density at radius 3 is 2.47 bits per heavy atom. The van der Waals surface area contributed by atoms with Crippen LogP contribution in [0, 0.1) is 5.92 Å². The molecule has 0 bridgehead atoms. The van der Waals surface area contributed by atoms with Crippen LogP contribution in [0.15, 0.2) is 78.9 Å². The van der Waals surface area contributed by atoms with Gasteiger partial charge in [-0.05, 0) is 59.4 Å². The smallest absolute Gasteiger partial charge is 0.254 e. The summed E-state index contributed by atoms with van der Waals surface area (Å²) in [4.78, 5) is 29.2. The Hall–Kier alpha value is -3.40. The number of benzene rings is 3. The molecule has 1 aliphatic carbocycles. The Bertz CT molecular complexity index is 1220. The SMILES string of the molecule is O=C(NC[C@@H]1CCC[C@@H]1c1ccccc1)[C@H]1c2ccccc2C(=O)N2CCc3ccccc3[C@@H]12. The van der Waals surface area contributed by atoms with Crippen LogP contribution in [-0.4, -0.2) is 29.8 Å². The first-order valence-electron chi connectivity index (χ1n) is 12.5. The standard InChI is InChI=1S/C30H30N2O2/c33-29(31-19-22-12-8-16-23(22)20-9-2-1-3-10-20)27-25-14-6-7-15-26(25)30(34)32-18-17-21-11-4-5-13-24(21)28(27)32/h1-7,9-11,13-15,22-23,27-28H,8,12,16-19H2,(H,31,33)/t22-,23+,27-,28-/m0/s1. The summed E-state index contributed by atoms with van der Waals surface area (Å²) in [6.07, 6.45) is 4.34. The van der Waals surface area contributed by atoms with E-state index in [1.54, 1.807) is 0 Å². The van der Waals surface area contributed by atoms with Crippen molar-refractivity contribution in [2.75, 3.05) is 13.1 Å². The van der Waals surface area contributed by atoms with Crippen molar-refractivity contribution < 1.29 is 9.59 Å². The highest BCUT2D eigenvalue weighted by molar-refractivity contribution is 6.01. The maximum atomic E-state index is 13.9. The average Bonchev–Trinajstić information content (AvgIpc) is 3.37. The van der Waals surface area contributed by atoms with Crippen molar-refractivity contribution in [1.82, 2.24) is 10.2 Å². The summed E-state index contributed by atoms with van der Waals surface area (Å²) in [5.41, 5.74) is 5.25. The highest BCUT2D eigenvalue weighted by Gasteiger charge is 2.46. The summed E-state index contributed by atoms with van der Waals surface area (Å²) < 4.78 is 0. The van der Waals surface area contributed by atoms with Crippen LogP contribution in [-0.2, 0) is 11.2 Å². The minimum atomic E-state index is -0.396. The lowest BCUT2D eigenvalue weighted by molar-refractivity contribution is -0.124. The Kier molecular flexibility index (Phi) is 5.44. The summed E-state index contributed by atoms with van der Waals surface area (Å²) in [6, 6.07) is 26.4. The van der Waals surface area contributed by atoms with Gasteiger partial charge >= 0.3 is 0 Å². The number of nitrogens with one attached hydrogen (secondary N) is 1. The molecule has 0 unspecified atom stereocenters. The maximum absolute atomic E-state index is 13.9. The molecule has 4 atom stereocenters. The molecule has 2 aliphatic heterocycles. The van der Waals surface area contributed by atoms with Crippen LogP contribution in [0.3, 0.4) is 0 Å². The molecule has 1 N–H and O–H groups in total. The van der Waals surface area contributed by atoms with Crippen LogP contribution in [0.25, 0.3) is 0 Å². The molecule has 172 valence electrons. The molecule has 1 fully saturated rings. The van der Waals surface area contributed by atoms with Gasteiger partial charge < -0.3 is 10.2 Å². The van der Waals surface area contributed by atoms with Crippen molar-refractivity contribution in [3.05, 3.63) is 107 Å². The number of rotatable bonds is 4. The topological polar surface area (TPSA) is 49.4 Å². The monoisotopic (exact) mass is 450 g/mol. The number of hydrogen-bond acceptors (Lipinski definition) is 2.